The summed E-state index contributed by atoms with van der Waals surface area (Å²) in [6, 6.07) is 54.7. The Balaban J connectivity index is 0.000000161. The van der Waals surface area contributed by atoms with Crippen LogP contribution in [-0.2, 0) is 22.4 Å². The largest absolute Gasteiger partial charge is 0.323 e. The second-order valence-corrected chi connectivity index (χ2v) is 19.7. The fourth-order valence-electron chi connectivity index (χ4n) is 9.96. The number of H-pyrrole nitrogens is 4. The maximum absolute atomic E-state index is 13.8. The lowest BCUT2D eigenvalue weighted by Crippen LogP contribution is -2.36. The van der Waals surface area contributed by atoms with E-state index in [1.807, 2.05) is 140 Å². The Hall–Kier alpha value is -8.55. The second kappa shape index (κ2) is 20.4. The van der Waals surface area contributed by atoms with Gasteiger partial charge in [-0.3, -0.25) is 19.6 Å². The normalized spacial score (nSPS) is 15.4. The average molecular weight is 1050 g/mol. The van der Waals surface area contributed by atoms with Gasteiger partial charge in [0.2, 0.25) is 0 Å². The third-order valence-corrected chi connectivity index (χ3v) is 14.3. The lowest BCUT2D eigenvalue weighted by molar-refractivity contribution is -0.120. The maximum atomic E-state index is 13.8. The molecule has 370 valence electrons. The molecule has 0 bridgehead atoms. The Kier molecular flexibility index (Phi) is 13.2. The van der Waals surface area contributed by atoms with E-state index >= 15 is 0 Å². The van der Waals surface area contributed by atoms with Crippen molar-refractivity contribution in [1.82, 2.24) is 19.9 Å². The predicted octanol–water partition coefficient (Wildman–Crippen LogP) is 11.9. The van der Waals surface area contributed by atoms with Gasteiger partial charge in [-0.2, -0.15) is 0 Å². The second-order valence-electron chi connectivity index (χ2n) is 18.4. The number of nitrogens with one attached hydrogen (secondary N) is 4. The Morgan fingerprint density at radius 3 is 1.32 bits per heavy atom. The van der Waals surface area contributed by atoms with Gasteiger partial charge in [-0.15, -0.1) is 0 Å². The summed E-state index contributed by atoms with van der Waals surface area (Å²) in [6.07, 6.45) is 0.822. The molecule has 10 aromatic rings. The number of hydrogen-bond acceptors (Lipinski definition) is 6. The first kappa shape index (κ1) is 48.7. The van der Waals surface area contributed by atoms with Crippen molar-refractivity contribution in [1.29, 1.82) is 0 Å². The van der Waals surface area contributed by atoms with Crippen molar-refractivity contribution in [2.75, 3.05) is 23.9 Å². The fraction of sp³-hybridized carbons (Fsp3) is 0.100. The van der Waals surface area contributed by atoms with Gasteiger partial charge in [0.1, 0.15) is 12.1 Å². The fourth-order valence-corrected chi connectivity index (χ4v) is 10.5. The number of likely N-dealkylation sites (N-methyl/N-ethyl adjacent to an activating group) is 2. The number of benzene rings is 8. The molecule has 0 spiro atoms. The number of amides is 2. The van der Waals surface area contributed by atoms with Crippen LogP contribution in [-0.4, -0.2) is 69.4 Å². The van der Waals surface area contributed by atoms with Gasteiger partial charge in [0.25, 0.3) is 11.8 Å². The molecule has 0 aliphatic carbocycles. The van der Waals surface area contributed by atoms with Crippen LogP contribution >= 0.6 is 34.8 Å². The van der Waals surface area contributed by atoms with E-state index in [4.69, 9.17) is 44.8 Å². The summed E-state index contributed by atoms with van der Waals surface area (Å²) in [5.74, 6) is -0.224. The molecule has 2 amide bonds. The van der Waals surface area contributed by atoms with Crippen LogP contribution in [0.25, 0.3) is 44.3 Å². The number of aromatic amines is 4. The summed E-state index contributed by atoms with van der Waals surface area (Å²) >= 11 is 19.1. The Morgan fingerprint density at radius 1 is 0.400 bits per heavy atom. The summed E-state index contributed by atoms with van der Waals surface area (Å²) in [6.45, 7) is 0. The third kappa shape index (κ3) is 9.86. The van der Waals surface area contributed by atoms with E-state index in [1.165, 1.54) is 0 Å². The number of hydrogen-bond donors (Lipinski definition) is 4. The van der Waals surface area contributed by atoms with Gasteiger partial charge >= 0.3 is 11.4 Å². The van der Waals surface area contributed by atoms with E-state index in [9.17, 15) is 19.2 Å². The molecule has 15 heteroatoms. The topological polar surface area (TPSA) is 163 Å². The molecule has 2 atom stereocenters. The number of fused-ring (bicyclic) bond motifs is 4. The van der Waals surface area contributed by atoms with E-state index in [0.717, 1.165) is 61.3 Å². The minimum absolute atomic E-state index is 0.0995. The summed E-state index contributed by atoms with van der Waals surface area (Å²) in [7, 11) is 3.53. The van der Waals surface area contributed by atoms with Crippen LogP contribution in [0.4, 0.5) is 11.4 Å². The van der Waals surface area contributed by atoms with Gasteiger partial charge < -0.3 is 29.7 Å². The SMILES string of the molecule is CN1C(=O)C(Cc2ccccc2-c2cccc(Cl)c2)N=C(c2ccc3[nH]c(=O)[nH]c3c2)c2cc(Cl)ccc21.CN1C(=O)C(Cc2ccccc2-c2ccccc2)N=C(c2ccc3[nH]c(=O)[nH]c3c2)c2cc(Cl)ccc21. The Morgan fingerprint density at radius 2 is 0.827 bits per heavy atom. The van der Waals surface area contributed by atoms with Crippen LogP contribution in [0.2, 0.25) is 15.1 Å². The number of benzodiazepines with no additional fused rings is 2. The number of nitrogens with zero attached hydrogens (tertiary/aromatic N) is 4. The van der Waals surface area contributed by atoms with Crippen LogP contribution in [0.1, 0.15) is 33.4 Å². The molecule has 8 aromatic carbocycles. The molecular formula is C60H45Cl3N8O4. The van der Waals surface area contributed by atoms with Crippen molar-refractivity contribution >= 4 is 91.5 Å². The van der Waals surface area contributed by atoms with Crippen molar-refractivity contribution in [2.24, 2.45) is 9.98 Å². The Bertz CT molecular complexity index is 4060. The van der Waals surface area contributed by atoms with Gasteiger partial charge in [-0.05, 0) is 106 Å². The van der Waals surface area contributed by atoms with Gasteiger partial charge in [0.05, 0.1) is 44.9 Å². The molecule has 0 saturated carbocycles. The number of aliphatic imine (C=N–C) groups is 2. The molecule has 12 nitrogen and oxygen atoms in total. The molecule has 0 saturated heterocycles. The molecule has 2 aromatic heterocycles. The van der Waals surface area contributed by atoms with Gasteiger partial charge in [-0.1, -0.05) is 138 Å². The summed E-state index contributed by atoms with van der Waals surface area (Å²) < 4.78 is 0. The molecule has 0 fully saturated rings. The standard InChI is InChI=1S/C30H22Cl2N4O2.C30H23ClN4O2/c1-36-27-12-10-21(32)16-23(27)28(19-9-11-24-25(15-19)35-30(38)34-24)33-26(29(36)37)14-18-5-2-3-8-22(18)17-6-4-7-20(31)13-17;1-35-27-14-12-21(31)17-23(27)28(20-11-13-24-25(16-20)34-30(37)33-24)32-26(29(35)36)15-19-9-5-6-10-22(19)18-7-3-2-4-8-18/h2-13,15-16,26H,14H2,1H3,(H2,34,35,38);2-14,16-17,26H,15H2,1H3,(H2,33,34,37). The maximum Gasteiger partial charge on any atom is 0.323 e. The van der Waals surface area contributed by atoms with Crippen LogP contribution in [0.3, 0.4) is 0 Å². The van der Waals surface area contributed by atoms with Crippen LogP contribution in [0, 0.1) is 0 Å². The zero-order chi connectivity index (χ0) is 51.9. The number of imidazole rings is 2. The number of rotatable bonds is 8. The first-order chi connectivity index (χ1) is 36.3. The number of carbonyl (C=O) groups excluding carboxylic acids is 2. The highest BCUT2D eigenvalue weighted by Gasteiger charge is 2.33. The number of carbonyl (C=O) groups is 2. The summed E-state index contributed by atoms with van der Waals surface area (Å²) in [5.41, 5.74) is 14.1. The summed E-state index contributed by atoms with van der Waals surface area (Å²) in [5, 5.41) is 1.74. The molecule has 4 heterocycles. The number of anilines is 2. The number of aromatic nitrogens is 4. The van der Waals surface area contributed by atoms with Crippen molar-refractivity contribution < 1.29 is 9.59 Å². The van der Waals surface area contributed by atoms with Gasteiger partial charge in [0.15, 0.2) is 0 Å². The molecule has 0 radical (unpaired) electrons. The molecule has 75 heavy (non-hydrogen) atoms. The average Bonchev–Trinajstić information content (AvgIpc) is 3.95. The van der Waals surface area contributed by atoms with E-state index < -0.39 is 12.1 Å². The first-order valence-electron chi connectivity index (χ1n) is 24.1. The van der Waals surface area contributed by atoms with Crippen LogP contribution < -0.4 is 21.2 Å². The smallest absolute Gasteiger partial charge is 0.313 e. The number of halogens is 3. The van der Waals surface area contributed by atoms with Crippen LogP contribution in [0.5, 0.6) is 0 Å². The quantitative estimate of drug-likeness (QED) is 0.119. The zero-order valence-electron chi connectivity index (χ0n) is 40.4. The molecule has 12 rings (SSSR count). The lowest BCUT2D eigenvalue weighted by atomic mass is 9.94. The highest BCUT2D eigenvalue weighted by molar-refractivity contribution is 6.33. The third-order valence-electron chi connectivity index (χ3n) is 13.6. The highest BCUT2D eigenvalue weighted by atomic mass is 35.5. The molecule has 2 aliphatic heterocycles. The molecule has 2 unspecified atom stereocenters. The minimum Gasteiger partial charge on any atom is -0.313 e. The summed E-state index contributed by atoms with van der Waals surface area (Å²) in [4.78, 5) is 75.9. The minimum atomic E-state index is -0.692. The van der Waals surface area contributed by atoms with Crippen molar-refractivity contribution in [2.45, 2.75) is 24.9 Å². The van der Waals surface area contributed by atoms with Gasteiger partial charge in [-0.25, -0.2) is 9.59 Å². The van der Waals surface area contributed by atoms with E-state index in [0.29, 0.717) is 67.1 Å². The van der Waals surface area contributed by atoms with E-state index in [-0.39, 0.29) is 23.2 Å². The van der Waals surface area contributed by atoms with Crippen molar-refractivity contribution in [3.8, 4) is 22.3 Å². The zero-order valence-corrected chi connectivity index (χ0v) is 42.6. The van der Waals surface area contributed by atoms with E-state index in [1.54, 1.807) is 36.0 Å². The Labute approximate surface area is 445 Å². The van der Waals surface area contributed by atoms with Crippen molar-refractivity contribution in [3.63, 3.8) is 0 Å². The van der Waals surface area contributed by atoms with Gasteiger partial charge in [0, 0.05) is 64.3 Å². The predicted molar refractivity (Wildman–Crippen MR) is 303 cm³/mol. The van der Waals surface area contributed by atoms with Crippen LogP contribution in [0.15, 0.2) is 195 Å². The van der Waals surface area contributed by atoms with E-state index in [2.05, 4.69) is 44.2 Å². The lowest BCUT2D eigenvalue weighted by Gasteiger charge is -2.21. The monoisotopic (exact) mass is 1050 g/mol. The molecular weight excluding hydrogens is 1000 g/mol. The molecule has 2 aliphatic rings. The first-order valence-corrected chi connectivity index (χ1v) is 25.2. The highest BCUT2D eigenvalue weighted by Crippen LogP contribution is 2.36. The van der Waals surface area contributed by atoms with Crippen molar-refractivity contribution in [3.05, 3.63) is 245 Å². The molecule has 4 N–H and O–H groups in total.